The third-order valence-corrected chi connectivity index (χ3v) is 4.98. The molecule has 0 aromatic rings. The highest BCUT2D eigenvalue weighted by Crippen LogP contribution is 2.24. The molecule has 1 saturated heterocycles. The predicted molar refractivity (Wildman–Crippen MR) is 99.4 cm³/mol. The Balaban J connectivity index is 1.89. The van der Waals surface area contributed by atoms with Gasteiger partial charge in [0.2, 0.25) is 6.35 Å². The smallest absolute Gasteiger partial charge is 0.359 e. The maximum Gasteiger partial charge on any atom is 0.523 e. The number of aliphatic imine (C=N–C) groups is 1. The molecule has 1 aliphatic carbocycles. The molecule has 8 heteroatoms. The number of nitrogens with zero attached hydrogens (tertiary/aromatic N) is 3. The molecule has 1 fully saturated rings. The summed E-state index contributed by atoms with van der Waals surface area (Å²) in [7, 11) is 0. The standard InChI is InChI=1S/C19H30F3N3O2/c1-3-5-6-12-24-13-11-16(14-24)25(4-2)18(26)23-15-7-9-17(10-8-15)27-19(20,21)22/h3,5,7,9,16-18,26H,4,6,8,10-14H2,1-2H3. The van der Waals surface area contributed by atoms with Crippen LogP contribution in [-0.2, 0) is 4.74 Å². The Hall–Kier alpha value is -1.22. The van der Waals surface area contributed by atoms with Crippen molar-refractivity contribution in [2.24, 2.45) is 4.99 Å². The van der Waals surface area contributed by atoms with Gasteiger partial charge in [-0.15, -0.1) is 13.2 Å². The molecule has 2 aliphatic rings. The van der Waals surface area contributed by atoms with E-state index in [0.29, 0.717) is 18.7 Å². The van der Waals surface area contributed by atoms with E-state index in [-0.39, 0.29) is 12.5 Å². The van der Waals surface area contributed by atoms with Gasteiger partial charge in [-0.3, -0.25) is 9.64 Å². The summed E-state index contributed by atoms with van der Waals surface area (Å²) in [5.41, 5.74) is 0.603. The zero-order valence-corrected chi connectivity index (χ0v) is 16.0. The Morgan fingerprint density at radius 3 is 2.81 bits per heavy atom. The summed E-state index contributed by atoms with van der Waals surface area (Å²) in [6.45, 7) is 7.55. The average molecular weight is 389 g/mol. The van der Waals surface area contributed by atoms with Crippen LogP contribution in [0.5, 0.6) is 0 Å². The number of allylic oxidation sites excluding steroid dienone is 2. The monoisotopic (exact) mass is 389 g/mol. The Kier molecular flexibility index (Phi) is 8.47. The third kappa shape index (κ3) is 7.37. The Bertz CT molecular complexity index is 549. The van der Waals surface area contributed by atoms with Gasteiger partial charge in [0.15, 0.2) is 0 Å². The third-order valence-electron chi connectivity index (χ3n) is 4.98. The van der Waals surface area contributed by atoms with Crippen molar-refractivity contribution in [2.45, 2.75) is 64.4 Å². The molecule has 1 aliphatic heterocycles. The van der Waals surface area contributed by atoms with Gasteiger partial charge in [-0.1, -0.05) is 25.2 Å². The van der Waals surface area contributed by atoms with E-state index in [4.69, 9.17) is 0 Å². The number of aliphatic hydroxyl groups excluding tert-OH is 1. The van der Waals surface area contributed by atoms with Gasteiger partial charge in [-0.05, 0) is 51.8 Å². The molecule has 5 nitrogen and oxygen atoms in total. The van der Waals surface area contributed by atoms with Crippen molar-refractivity contribution in [2.75, 3.05) is 26.2 Å². The lowest BCUT2D eigenvalue weighted by molar-refractivity contribution is -0.336. The first-order valence-corrected chi connectivity index (χ1v) is 9.59. The van der Waals surface area contributed by atoms with Crippen LogP contribution in [0, 0.1) is 0 Å². The van der Waals surface area contributed by atoms with E-state index in [1.54, 1.807) is 0 Å². The Labute approximate surface area is 159 Å². The molecule has 3 atom stereocenters. The van der Waals surface area contributed by atoms with Gasteiger partial charge in [0.25, 0.3) is 0 Å². The van der Waals surface area contributed by atoms with Crippen LogP contribution in [0.4, 0.5) is 13.2 Å². The highest BCUT2D eigenvalue weighted by Gasteiger charge is 2.34. The van der Waals surface area contributed by atoms with Gasteiger partial charge in [-0.2, -0.15) is 0 Å². The Morgan fingerprint density at radius 2 is 2.22 bits per heavy atom. The number of hydrogen-bond donors (Lipinski definition) is 1. The molecule has 0 aromatic carbocycles. The minimum Gasteiger partial charge on any atom is -0.359 e. The predicted octanol–water partition coefficient (Wildman–Crippen LogP) is 3.32. The summed E-state index contributed by atoms with van der Waals surface area (Å²) in [4.78, 5) is 8.66. The van der Waals surface area contributed by atoms with Crippen molar-refractivity contribution in [1.29, 1.82) is 0 Å². The largest absolute Gasteiger partial charge is 0.523 e. The molecule has 1 heterocycles. The molecule has 1 N–H and O–H groups in total. The molecule has 0 bridgehead atoms. The maximum absolute atomic E-state index is 12.3. The fraction of sp³-hybridized carbons (Fsp3) is 0.737. The molecule has 0 spiro atoms. The van der Waals surface area contributed by atoms with E-state index < -0.39 is 18.8 Å². The molecule has 0 saturated carbocycles. The van der Waals surface area contributed by atoms with E-state index in [1.807, 2.05) is 24.8 Å². The van der Waals surface area contributed by atoms with E-state index >= 15 is 0 Å². The van der Waals surface area contributed by atoms with Crippen LogP contribution >= 0.6 is 0 Å². The number of ether oxygens (including phenoxy) is 1. The SMILES string of the molecule is CC=CCCN1CCC(N(CC)C(O)N=C2C=CC(OC(F)(F)F)CC2)C1. The van der Waals surface area contributed by atoms with Gasteiger partial charge in [0.1, 0.15) is 0 Å². The molecular weight excluding hydrogens is 359 g/mol. The zero-order chi connectivity index (χ0) is 19.9. The molecule has 27 heavy (non-hydrogen) atoms. The molecule has 0 radical (unpaired) electrons. The molecule has 0 aromatic heterocycles. The van der Waals surface area contributed by atoms with E-state index in [9.17, 15) is 18.3 Å². The molecule has 3 unspecified atom stereocenters. The highest BCUT2D eigenvalue weighted by molar-refractivity contribution is 5.95. The number of likely N-dealkylation sites (N-methyl/N-ethyl adjacent to an activating group) is 1. The topological polar surface area (TPSA) is 48.3 Å². The number of halogens is 3. The van der Waals surface area contributed by atoms with Crippen molar-refractivity contribution in [1.82, 2.24) is 9.80 Å². The van der Waals surface area contributed by atoms with Crippen LogP contribution < -0.4 is 0 Å². The van der Waals surface area contributed by atoms with Crippen LogP contribution in [0.25, 0.3) is 0 Å². The summed E-state index contributed by atoms with van der Waals surface area (Å²) >= 11 is 0. The van der Waals surface area contributed by atoms with Crippen molar-refractivity contribution < 1.29 is 23.0 Å². The average Bonchev–Trinajstić information content (AvgIpc) is 3.05. The van der Waals surface area contributed by atoms with Crippen molar-refractivity contribution in [3.63, 3.8) is 0 Å². The summed E-state index contributed by atoms with van der Waals surface area (Å²) in [5, 5.41) is 10.5. The molecule has 0 amide bonds. The zero-order valence-electron chi connectivity index (χ0n) is 16.0. The van der Waals surface area contributed by atoms with E-state index in [1.165, 1.54) is 12.2 Å². The highest BCUT2D eigenvalue weighted by atomic mass is 19.4. The van der Waals surface area contributed by atoms with Gasteiger partial charge in [0, 0.05) is 24.8 Å². The first-order chi connectivity index (χ1) is 12.8. The lowest BCUT2D eigenvalue weighted by Crippen LogP contribution is -2.44. The minimum atomic E-state index is -4.64. The fourth-order valence-electron chi connectivity index (χ4n) is 3.61. The number of aliphatic hydroxyl groups is 1. The van der Waals surface area contributed by atoms with Crippen molar-refractivity contribution in [3.05, 3.63) is 24.3 Å². The summed E-state index contributed by atoms with van der Waals surface area (Å²) in [6.07, 6.45) is 3.04. The first kappa shape index (κ1) is 22.1. The summed E-state index contributed by atoms with van der Waals surface area (Å²) in [6, 6.07) is 0.230. The number of rotatable bonds is 8. The quantitative estimate of drug-likeness (QED) is 0.511. The second-order valence-corrected chi connectivity index (χ2v) is 6.90. The normalized spacial score (nSPS) is 27.3. The van der Waals surface area contributed by atoms with E-state index in [2.05, 4.69) is 20.7 Å². The van der Waals surface area contributed by atoms with Gasteiger partial charge in [-0.25, -0.2) is 4.99 Å². The summed E-state index contributed by atoms with van der Waals surface area (Å²) in [5.74, 6) is 0. The minimum absolute atomic E-state index is 0.204. The van der Waals surface area contributed by atoms with Crippen molar-refractivity contribution in [3.8, 4) is 0 Å². The van der Waals surface area contributed by atoms with E-state index in [0.717, 1.165) is 32.5 Å². The number of hydrogen-bond acceptors (Lipinski definition) is 5. The van der Waals surface area contributed by atoms with Crippen LogP contribution in [-0.4, -0.2) is 71.7 Å². The molecular formula is C19H30F3N3O2. The molecule has 2 rings (SSSR count). The second kappa shape index (κ2) is 10.4. The van der Waals surface area contributed by atoms with Crippen molar-refractivity contribution >= 4 is 5.71 Å². The van der Waals surface area contributed by atoms with Crippen LogP contribution in [0.1, 0.15) is 39.5 Å². The first-order valence-electron chi connectivity index (χ1n) is 9.59. The number of alkyl halides is 3. The maximum atomic E-state index is 12.3. The van der Waals surface area contributed by atoms with Gasteiger partial charge >= 0.3 is 6.36 Å². The van der Waals surface area contributed by atoms with Gasteiger partial charge < -0.3 is 10.0 Å². The van der Waals surface area contributed by atoms with Crippen LogP contribution in [0.15, 0.2) is 29.3 Å². The molecule has 154 valence electrons. The Morgan fingerprint density at radius 1 is 1.44 bits per heavy atom. The lowest BCUT2D eigenvalue weighted by atomic mass is 10.0. The van der Waals surface area contributed by atoms with Gasteiger partial charge in [0.05, 0.1) is 6.10 Å². The van der Waals surface area contributed by atoms with Crippen LogP contribution in [0.2, 0.25) is 0 Å². The fourth-order valence-corrected chi connectivity index (χ4v) is 3.61. The summed E-state index contributed by atoms with van der Waals surface area (Å²) < 4.78 is 40.8. The second-order valence-electron chi connectivity index (χ2n) is 6.90. The van der Waals surface area contributed by atoms with Crippen LogP contribution in [0.3, 0.4) is 0 Å². The lowest BCUT2D eigenvalue weighted by Gasteiger charge is -2.30. The number of likely N-dealkylation sites (tertiary alicyclic amines) is 1.